The summed E-state index contributed by atoms with van der Waals surface area (Å²) in [6.07, 6.45) is 8.23. The molecule has 0 unspecified atom stereocenters. The second kappa shape index (κ2) is 8.12. The van der Waals surface area contributed by atoms with Gasteiger partial charge in [0.1, 0.15) is 0 Å². The van der Waals surface area contributed by atoms with Gasteiger partial charge in [-0.15, -0.1) is 0 Å². The number of hydrogen-bond acceptors (Lipinski definition) is 1. The molecule has 1 heterocycles. The molecule has 3 rings (SSSR count). The van der Waals surface area contributed by atoms with Gasteiger partial charge in [-0.2, -0.15) is 0 Å². The van der Waals surface area contributed by atoms with Crippen LogP contribution in [0.5, 0.6) is 0 Å². The van der Waals surface area contributed by atoms with E-state index in [1.165, 1.54) is 11.1 Å². The Morgan fingerprint density at radius 1 is 0.960 bits per heavy atom. The lowest BCUT2D eigenvalue weighted by atomic mass is 9.97. The molecule has 0 aliphatic heterocycles. The van der Waals surface area contributed by atoms with E-state index in [-0.39, 0.29) is 5.16 Å². The largest absolute Gasteiger partial charge is 0.326 e. The van der Waals surface area contributed by atoms with Crippen molar-refractivity contribution < 1.29 is 0 Å². The predicted molar refractivity (Wildman–Crippen MR) is 108 cm³/mol. The van der Waals surface area contributed by atoms with E-state index in [1.807, 2.05) is 12.5 Å². The van der Waals surface area contributed by atoms with Crippen LogP contribution >= 0.6 is 0 Å². The molecular weight excluding hydrogens is 320 g/mol. The van der Waals surface area contributed by atoms with Crippen molar-refractivity contribution in [2.45, 2.75) is 31.9 Å². The highest BCUT2D eigenvalue weighted by atomic mass is 28.2. The molecule has 0 saturated carbocycles. The number of aromatic nitrogens is 2. The molecule has 0 atom stereocenters. The van der Waals surface area contributed by atoms with Crippen molar-refractivity contribution in [3.05, 3.63) is 102 Å². The van der Waals surface area contributed by atoms with Crippen molar-refractivity contribution in [1.29, 1.82) is 0 Å². The summed E-state index contributed by atoms with van der Waals surface area (Å²) in [6.45, 7) is 4.52. The van der Waals surface area contributed by atoms with E-state index in [0.29, 0.717) is 0 Å². The van der Waals surface area contributed by atoms with Crippen molar-refractivity contribution in [2.24, 2.45) is 0 Å². The highest BCUT2D eigenvalue weighted by molar-refractivity contribution is 6.47. The van der Waals surface area contributed by atoms with Gasteiger partial charge in [-0.1, -0.05) is 85.8 Å². The van der Waals surface area contributed by atoms with E-state index >= 15 is 0 Å². The third kappa shape index (κ3) is 3.52. The van der Waals surface area contributed by atoms with Crippen LogP contribution in [0.15, 0.2) is 90.7 Å². The van der Waals surface area contributed by atoms with Crippen LogP contribution < -0.4 is 0 Å². The molecule has 25 heavy (non-hydrogen) atoms. The Labute approximate surface area is 153 Å². The van der Waals surface area contributed by atoms with Gasteiger partial charge in [-0.05, 0) is 24.0 Å². The Hall–Kier alpha value is -2.39. The van der Waals surface area contributed by atoms with Gasteiger partial charge in [0, 0.05) is 12.4 Å². The molecule has 0 aliphatic carbocycles. The predicted octanol–water partition coefficient (Wildman–Crippen LogP) is 4.51. The van der Waals surface area contributed by atoms with Crippen molar-refractivity contribution in [2.75, 3.05) is 0 Å². The quantitative estimate of drug-likeness (QED) is 0.576. The Morgan fingerprint density at radius 2 is 1.52 bits per heavy atom. The van der Waals surface area contributed by atoms with Crippen LogP contribution in [0.25, 0.3) is 0 Å². The van der Waals surface area contributed by atoms with Gasteiger partial charge in [0.15, 0.2) is 0 Å². The maximum Gasteiger partial charge on any atom is 0.0954 e. The molecule has 0 fully saturated rings. The number of allylic oxidation sites excluding steroid dienone is 1. The molecule has 128 valence electrons. The summed E-state index contributed by atoms with van der Waals surface area (Å²) in [5.41, 5.74) is 6.80. The second-order valence-electron chi connectivity index (χ2n) is 6.34. The Morgan fingerprint density at radius 3 is 1.96 bits per heavy atom. The molecule has 0 amide bonds. The minimum atomic E-state index is -0.656. The summed E-state index contributed by atoms with van der Waals surface area (Å²) >= 11 is 0. The van der Waals surface area contributed by atoms with E-state index in [9.17, 15) is 0 Å². The third-order valence-electron chi connectivity index (χ3n) is 5.04. The van der Waals surface area contributed by atoms with E-state index < -0.39 is 9.52 Å². The first-order valence-corrected chi connectivity index (χ1v) is 10.6. The van der Waals surface area contributed by atoms with E-state index in [0.717, 1.165) is 12.8 Å². The van der Waals surface area contributed by atoms with Gasteiger partial charge < -0.3 is 4.57 Å². The lowest BCUT2D eigenvalue weighted by molar-refractivity contribution is 0.596. The molecule has 0 aliphatic rings. The monoisotopic (exact) mass is 346 g/mol. The minimum absolute atomic E-state index is 0.144. The van der Waals surface area contributed by atoms with E-state index in [1.54, 1.807) is 5.57 Å². The number of nitrogens with zero attached hydrogens (tertiary/aromatic N) is 2. The zero-order chi connectivity index (χ0) is 17.5. The topological polar surface area (TPSA) is 17.8 Å². The first-order valence-electron chi connectivity index (χ1n) is 9.08. The molecule has 0 radical (unpaired) electrons. The van der Waals surface area contributed by atoms with Gasteiger partial charge in [-0.25, -0.2) is 4.98 Å². The van der Waals surface area contributed by atoms with Crippen LogP contribution in [-0.4, -0.2) is 19.1 Å². The molecule has 0 N–H and O–H groups in total. The average Bonchev–Trinajstić information content (AvgIpc) is 3.22. The maximum atomic E-state index is 4.37. The van der Waals surface area contributed by atoms with Crippen molar-refractivity contribution in [3.63, 3.8) is 0 Å². The van der Waals surface area contributed by atoms with Crippen molar-refractivity contribution >= 4 is 9.52 Å². The smallest absolute Gasteiger partial charge is 0.0954 e. The SMILES string of the molecule is CCC(=C[SiH2]C(c1ccccc1)(c1ccccc1)n1ccnc1)CC. The first-order chi connectivity index (χ1) is 12.3. The lowest BCUT2D eigenvalue weighted by Gasteiger charge is -2.36. The number of rotatable bonds is 7. The van der Waals surface area contributed by atoms with Gasteiger partial charge >= 0.3 is 0 Å². The van der Waals surface area contributed by atoms with Crippen LogP contribution in [0.1, 0.15) is 37.8 Å². The molecule has 3 aromatic rings. The standard InChI is InChI=1S/C22H26N2Si/c1-3-19(4-2)17-25-22(24-16-15-23-18-24,20-11-7-5-8-12-20)21-13-9-6-10-14-21/h5-18H,3-4,25H2,1-2H3. The zero-order valence-electron chi connectivity index (χ0n) is 15.1. The first kappa shape index (κ1) is 17.4. The summed E-state index contributed by atoms with van der Waals surface area (Å²) in [7, 11) is -0.656. The van der Waals surface area contributed by atoms with Gasteiger partial charge in [0.2, 0.25) is 0 Å². The fourth-order valence-electron chi connectivity index (χ4n) is 3.55. The highest BCUT2D eigenvalue weighted by Gasteiger charge is 2.35. The maximum absolute atomic E-state index is 4.37. The number of benzene rings is 2. The van der Waals surface area contributed by atoms with Crippen LogP contribution in [0.3, 0.4) is 0 Å². The molecule has 2 aromatic carbocycles. The zero-order valence-corrected chi connectivity index (χ0v) is 16.5. The van der Waals surface area contributed by atoms with Crippen LogP contribution in [0.4, 0.5) is 0 Å². The number of imidazole rings is 1. The minimum Gasteiger partial charge on any atom is -0.326 e. The Bertz CT molecular complexity index is 747. The van der Waals surface area contributed by atoms with Crippen molar-refractivity contribution in [3.8, 4) is 0 Å². The highest BCUT2D eigenvalue weighted by Crippen LogP contribution is 2.33. The molecule has 0 spiro atoms. The molecule has 2 nitrogen and oxygen atoms in total. The normalized spacial score (nSPS) is 11.8. The summed E-state index contributed by atoms with van der Waals surface area (Å²) in [5, 5.41) is -0.144. The van der Waals surface area contributed by atoms with Crippen molar-refractivity contribution in [1.82, 2.24) is 9.55 Å². The van der Waals surface area contributed by atoms with Crippen LogP contribution in [-0.2, 0) is 5.16 Å². The summed E-state index contributed by atoms with van der Waals surface area (Å²) in [4.78, 5) is 4.37. The van der Waals surface area contributed by atoms with Gasteiger partial charge in [0.05, 0.1) is 21.0 Å². The Balaban J connectivity index is 2.23. The molecule has 1 aromatic heterocycles. The number of hydrogen-bond donors (Lipinski definition) is 0. The van der Waals surface area contributed by atoms with E-state index in [2.05, 4.69) is 96.0 Å². The second-order valence-corrected chi connectivity index (χ2v) is 8.18. The average molecular weight is 347 g/mol. The molecule has 3 heteroatoms. The summed E-state index contributed by atoms with van der Waals surface area (Å²) in [5.74, 6) is 0. The molecule has 0 bridgehead atoms. The molecule has 0 saturated heterocycles. The summed E-state index contributed by atoms with van der Waals surface area (Å²) < 4.78 is 2.31. The Kier molecular flexibility index (Phi) is 5.66. The van der Waals surface area contributed by atoms with Crippen LogP contribution in [0, 0.1) is 0 Å². The molecular formula is C22H26N2Si. The lowest BCUT2D eigenvalue weighted by Crippen LogP contribution is -2.41. The summed E-state index contributed by atoms with van der Waals surface area (Å²) in [6, 6.07) is 21.8. The van der Waals surface area contributed by atoms with Gasteiger partial charge in [-0.3, -0.25) is 0 Å². The fraction of sp³-hybridized carbons (Fsp3) is 0.227. The van der Waals surface area contributed by atoms with Crippen LogP contribution in [0.2, 0.25) is 0 Å². The fourth-order valence-corrected chi connectivity index (χ4v) is 6.05. The third-order valence-corrected chi connectivity index (χ3v) is 7.60. The van der Waals surface area contributed by atoms with Gasteiger partial charge in [0.25, 0.3) is 0 Å². The van der Waals surface area contributed by atoms with E-state index in [4.69, 9.17) is 0 Å².